The van der Waals surface area contributed by atoms with Crippen molar-refractivity contribution in [3.63, 3.8) is 0 Å². The fraction of sp³-hybridized carbons (Fsp3) is 0.182. The predicted molar refractivity (Wildman–Crippen MR) is 62.7 cm³/mol. The summed E-state index contributed by atoms with van der Waals surface area (Å²) in [6.07, 6.45) is 2.26. The number of nitrogens with zero attached hydrogens (tertiary/aromatic N) is 4. The molecule has 0 bridgehead atoms. The second-order valence-corrected chi connectivity index (χ2v) is 3.78. The van der Waals surface area contributed by atoms with E-state index >= 15 is 0 Å². The lowest BCUT2D eigenvalue weighted by Gasteiger charge is -2.06. The van der Waals surface area contributed by atoms with Gasteiger partial charge in [-0.1, -0.05) is 6.07 Å². The minimum atomic E-state index is 0.137. The topological polar surface area (TPSA) is 89.3 Å². The summed E-state index contributed by atoms with van der Waals surface area (Å²) in [5, 5.41) is 22.2. The van der Waals surface area contributed by atoms with Gasteiger partial charge >= 0.3 is 0 Å². The van der Waals surface area contributed by atoms with Crippen molar-refractivity contribution in [3.05, 3.63) is 30.0 Å². The lowest BCUT2D eigenvalue weighted by Crippen LogP contribution is -2.04. The lowest BCUT2D eigenvalue weighted by molar-refractivity contribution is 0.472. The van der Waals surface area contributed by atoms with E-state index in [2.05, 4.69) is 15.3 Å². The van der Waals surface area contributed by atoms with Crippen LogP contribution >= 0.6 is 0 Å². The Labute approximate surface area is 96.7 Å². The Hall–Kier alpha value is -2.21. The molecule has 0 spiro atoms. The van der Waals surface area contributed by atoms with Crippen LogP contribution in [-0.4, -0.2) is 31.5 Å². The number of phenols is 1. The Morgan fingerprint density at radius 2 is 2.12 bits per heavy atom. The number of aromatic hydroxyl groups is 1. The molecular formula is C11H11N5O. The van der Waals surface area contributed by atoms with E-state index in [0.717, 1.165) is 11.1 Å². The summed E-state index contributed by atoms with van der Waals surface area (Å²) in [7, 11) is 0. The Kier molecular flexibility index (Phi) is 2.15. The van der Waals surface area contributed by atoms with Crippen LogP contribution in [0.4, 0.5) is 0 Å². The molecule has 2 aromatic heterocycles. The van der Waals surface area contributed by atoms with Crippen LogP contribution in [0.2, 0.25) is 0 Å². The molecule has 0 saturated carbocycles. The molecular weight excluding hydrogens is 218 g/mol. The highest BCUT2D eigenvalue weighted by atomic mass is 16.3. The normalized spacial score (nSPS) is 11.4. The molecule has 6 nitrogen and oxygen atoms in total. The van der Waals surface area contributed by atoms with Gasteiger partial charge in [-0.25, -0.2) is 4.52 Å². The van der Waals surface area contributed by atoms with E-state index in [1.807, 2.05) is 12.1 Å². The summed E-state index contributed by atoms with van der Waals surface area (Å²) in [4.78, 5) is 0. The maximum atomic E-state index is 10.1. The Bertz CT molecular complexity index is 691. The number of benzene rings is 1. The van der Waals surface area contributed by atoms with Crippen LogP contribution in [0.5, 0.6) is 5.75 Å². The monoisotopic (exact) mass is 229 g/mol. The molecule has 6 heteroatoms. The smallest absolute Gasteiger partial charge is 0.177 e. The number of hydrogen-bond acceptors (Lipinski definition) is 5. The molecule has 3 rings (SSSR count). The van der Waals surface area contributed by atoms with E-state index in [4.69, 9.17) is 5.73 Å². The minimum absolute atomic E-state index is 0.137. The number of hydrogen-bond donors (Lipinski definition) is 2. The molecule has 0 fully saturated rings. The van der Waals surface area contributed by atoms with Crippen molar-refractivity contribution in [1.29, 1.82) is 0 Å². The lowest BCUT2D eigenvalue weighted by atomic mass is 10.1. The van der Waals surface area contributed by atoms with Crippen LogP contribution in [0, 0.1) is 0 Å². The highest BCUT2D eigenvalue weighted by Crippen LogP contribution is 2.26. The summed E-state index contributed by atoms with van der Waals surface area (Å²) in [6.45, 7) is 0.483. The van der Waals surface area contributed by atoms with Gasteiger partial charge < -0.3 is 10.8 Å². The fourth-order valence-corrected chi connectivity index (χ4v) is 1.90. The molecule has 0 saturated heterocycles. The molecule has 0 radical (unpaired) electrons. The Morgan fingerprint density at radius 3 is 2.94 bits per heavy atom. The Balaban J connectivity index is 2.36. The maximum Gasteiger partial charge on any atom is 0.177 e. The molecule has 0 aliphatic rings. The SMILES string of the molecule is NCCc1ccc2c(nnc3ccnn32)c1O. The van der Waals surface area contributed by atoms with E-state index in [-0.39, 0.29) is 5.75 Å². The van der Waals surface area contributed by atoms with Crippen LogP contribution in [0.1, 0.15) is 5.56 Å². The quantitative estimate of drug-likeness (QED) is 0.667. The first kappa shape index (κ1) is 9.98. The van der Waals surface area contributed by atoms with Crippen LogP contribution < -0.4 is 5.73 Å². The highest BCUT2D eigenvalue weighted by Gasteiger charge is 2.10. The number of fused-ring (bicyclic) bond motifs is 3. The van der Waals surface area contributed by atoms with Crippen LogP contribution in [0.3, 0.4) is 0 Å². The van der Waals surface area contributed by atoms with E-state index < -0.39 is 0 Å². The van der Waals surface area contributed by atoms with Gasteiger partial charge in [-0.05, 0) is 24.6 Å². The minimum Gasteiger partial charge on any atom is -0.505 e. The number of nitrogens with two attached hydrogens (primary N) is 1. The number of aromatic nitrogens is 4. The number of phenolic OH excluding ortho intramolecular Hbond substituents is 1. The zero-order valence-corrected chi connectivity index (χ0v) is 9.04. The van der Waals surface area contributed by atoms with Crippen molar-refractivity contribution < 1.29 is 5.11 Å². The molecule has 0 aliphatic carbocycles. The van der Waals surface area contributed by atoms with Crippen molar-refractivity contribution in [2.75, 3.05) is 6.54 Å². The van der Waals surface area contributed by atoms with E-state index in [9.17, 15) is 5.11 Å². The first-order valence-electron chi connectivity index (χ1n) is 5.32. The zero-order valence-electron chi connectivity index (χ0n) is 9.04. The van der Waals surface area contributed by atoms with Gasteiger partial charge in [0, 0.05) is 6.07 Å². The third kappa shape index (κ3) is 1.42. The fourth-order valence-electron chi connectivity index (χ4n) is 1.90. The van der Waals surface area contributed by atoms with Gasteiger partial charge in [0.1, 0.15) is 5.75 Å². The van der Waals surface area contributed by atoms with Crippen LogP contribution in [0.15, 0.2) is 24.4 Å². The van der Waals surface area contributed by atoms with Crippen LogP contribution in [-0.2, 0) is 6.42 Å². The van der Waals surface area contributed by atoms with E-state index in [1.165, 1.54) is 0 Å². The molecule has 0 aliphatic heterocycles. The molecule has 2 heterocycles. The average molecular weight is 229 g/mol. The summed E-state index contributed by atoms with van der Waals surface area (Å²) in [5.74, 6) is 0.137. The van der Waals surface area contributed by atoms with E-state index in [1.54, 1.807) is 16.8 Å². The molecule has 3 aromatic rings. The molecule has 0 atom stereocenters. The van der Waals surface area contributed by atoms with Gasteiger partial charge in [0.05, 0.1) is 11.7 Å². The highest BCUT2D eigenvalue weighted by molar-refractivity contribution is 5.83. The second kappa shape index (κ2) is 3.67. The van der Waals surface area contributed by atoms with Crippen molar-refractivity contribution >= 4 is 16.7 Å². The second-order valence-electron chi connectivity index (χ2n) is 3.78. The number of rotatable bonds is 2. The summed E-state index contributed by atoms with van der Waals surface area (Å²) in [5.41, 5.74) is 8.10. The first-order chi connectivity index (χ1) is 8.31. The summed E-state index contributed by atoms with van der Waals surface area (Å²) >= 11 is 0. The van der Waals surface area contributed by atoms with Crippen molar-refractivity contribution in [3.8, 4) is 5.75 Å². The van der Waals surface area contributed by atoms with Crippen molar-refractivity contribution in [2.45, 2.75) is 6.42 Å². The van der Waals surface area contributed by atoms with Gasteiger partial charge in [0.2, 0.25) is 0 Å². The summed E-state index contributed by atoms with van der Waals surface area (Å²) in [6, 6.07) is 5.47. The molecule has 0 unspecified atom stereocenters. The third-order valence-corrected chi connectivity index (χ3v) is 2.73. The van der Waals surface area contributed by atoms with E-state index in [0.29, 0.717) is 24.1 Å². The maximum absolute atomic E-state index is 10.1. The van der Waals surface area contributed by atoms with Gasteiger partial charge in [-0.3, -0.25) is 0 Å². The molecule has 1 aromatic carbocycles. The van der Waals surface area contributed by atoms with Gasteiger partial charge in [-0.15, -0.1) is 10.2 Å². The molecule has 0 amide bonds. The zero-order chi connectivity index (χ0) is 11.8. The molecule has 86 valence electrons. The Morgan fingerprint density at radius 1 is 1.24 bits per heavy atom. The van der Waals surface area contributed by atoms with Crippen LogP contribution in [0.25, 0.3) is 16.7 Å². The summed E-state index contributed by atoms with van der Waals surface area (Å²) < 4.78 is 1.65. The van der Waals surface area contributed by atoms with Gasteiger partial charge in [0.15, 0.2) is 11.2 Å². The molecule has 17 heavy (non-hydrogen) atoms. The first-order valence-corrected chi connectivity index (χ1v) is 5.32. The average Bonchev–Trinajstić information content (AvgIpc) is 2.81. The van der Waals surface area contributed by atoms with Crippen molar-refractivity contribution in [1.82, 2.24) is 19.8 Å². The predicted octanol–water partition coefficient (Wildman–Crippen LogP) is 0.484. The van der Waals surface area contributed by atoms with Crippen molar-refractivity contribution in [2.24, 2.45) is 5.73 Å². The third-order valence-electron chi connectivity index (χ3n) is 2.73. The largest absolute Gasteiger partial charge is 0.505 e. The standard InChI is InChI=1S/C11H11N5O/c12-5-3-7-1-2-8-10(11(7)17)15-14-9-4-6-13-16(8)9/h1-2,4,6,17H,3,5,12H2. The van der Waals surface area contributed by atoms with Gasteiger partial charge in [0.25, 0.3) is 0 Å². The van der Waals surface area contributed by atoms with Gasteiger partial charge in [-0.2, -0.15) is 5.10 Å². The molecule has 3 N–H and O–H groups in total.